The van der Waals surface area contributed by atoms with Gasteiger partial charge in [0.05, 0.1) is 53.9 Å². The lowest BCUT2D eigenvalue weighted by atomic mass is 9.92. The largest absolute Gasteiger partial charge is 0.254 e. The van der Waals surface area contributed by atoms with Crippen molar-refractivity contribution < 1.29 is 35.8 Å². The van der Waals surface area contributed by atoms with Crippen molar-refractivity contribution in [2.24, 2.45) is 0 Å². The minimum Gasteiger partial charge on any atom is -0.254 e. The third kappa shape index (κ3) is 3.20. The van der Waals surface area contributed by atoms with Gasteiger partial charge in [-0.15, -0.1) is 0 Å². The Bertz CT molecular complexity index is 3360. The molecule has 0 amide bonds. The summed E-state index contributed by atoms with van der Waals surface area (Å²) in [6, 6.07) is -17.0. The third-order valence-electron chi connectivity index (χ3n) is 6.16. The van der Waals surface area contributed by atoms with Gasteiger partial charge in [-0.1, -0.05) is 84.6 Å². The second-order valence-electron chi connectivity index (χ2n) is 8.29. The van der Waals surface area contributed by atoms with Crippen LogP contribution in [0.2, 0.25) is 0 Å². The molecule has 0 unspecified atom stereocenters. The molecule has 8 rings (SSSR count). The fourth-order valence-electron chi connectivity index (χ4n) is 4.41. The second-order valence-corrected chi connectivity index (χ2v) is 10.1. The first-order valence-corrected chi connectivity index (χ1v) is 12.6. The molecule has 0 aliphatic carbocycles. The highest BCUT2D eigenvalue weighted by Gasteiger charge is 2.32. The van der Waals surface area contributed by atoms with Crippen LogP contribution in [-0.2, 0) is 9.84 Å². The van der Waals surface area contributed by atoms with E-state index in [0.29, 0.717) is 0 Å². The predicted octanol–water partition coefficient (Wildman–Crippen LogP) is 8.08. The van der Waals surface area contributed by atoms with Gasteiger partial charge in [-0.3, -0.25) is 4.98 Å². The Labute approximate surface area is 253 Å². The zero-order chi connectivity index (χ0) is 43.5. The maximum absolute atomic E-state index is 13.8. The average molecular weight is 541 g/mol. The number of fused-ring (bicyclic) bond motifs is 7. The van der Waals surface area contributed by atoms with Crippen molar-refractivity contribution >= 4 is 42.4 Å². The van der Waals surface area contributed by atoms with E-state index in [1.165, 1.54) is 0 Å². The highest BCUT2D eigenvalue weighted by molar-refractivity contribution is 7.92. The Morgan fingerprint density at radius 3 is 2.13 bits per heavy atom. The number of hydrogen-bond donors (Lipinski definition) is 0. The van der Waals surface area contributed by atoms with E-state index < -0.39 is 207 Å². The number of aromatic nitrogens is 2. The van der Waals surface area contributed by atoms with Gasteiger partial charge in [0.1, 0.15) is 0 Å². The molecule has 2 aromatic heterocycles. The number of hydrogen-bond acceptors (Lipinski definition) is 4. The molecule has 39 heavy (non-hydrogen) atoms. The monoisotopic (exact) mass is 540 g/mol. The Morgan fingerprint density at radius 1 is 0.564 bits per heavy atom. The number of benzene rings is 5. The summed E-state index contributed by atoms with van der Waals surface area (Å²) in [5, 5.41) is -2.18. The fourth-order valence-corrected chi connectivity index (χ4v) is 5.83. The maximum atomic E-state index is 13.8. The van der Waals surface area contributed by atoms with Crippen LogP contribution in [-0.4, -0.2) is 18.4 Å². The molecule has 5 aromatic carbocycles. The molecule has 0 atom stereocenters. The van der Waals surface area contributed by atoms with Crippen LogP contribution in [0.25, 0.3) is 66.1 Å². The van der Waals surface area contributed by atoms with Gasteiger partial charge in [0, 0.05) is 33.6 Å². The van der Waals surface area contributed by atoms with Crippen LogP contribution in [0.5, 0.6) is 0 Å². The molecular formula is C34H20N2O2S. The van der Waals surface area contributed by atoms with Crippen molar-refractivity contribution in [3.05, 3.63) is 121 Å². The van der Waals surface area contributed by atoms with E-state index in [-0.39, 0.29) is 0 Å². The summed E-state index contributed by atoms with van der Waals surface area (Å²) in [6.07, 6.45) is -0.740. The van der Waals surface area contributed by atoms with E-state index in [9.17, 15) is 12.5 Å². The summed E-state index contributed by atoms with van der Waals surface area (Å²) < 4.78 is 201. The van der Waals surface area contributed by atoms with Gasteiger partial charge in [0.15, 0.2) is 0 Å². The van der Waals surface area contributed by atoms with Crippen molar-refractivity contribution in [3.63, 3.8) is 0 Å². The minimum absolute atomic E-state index is 0.407. The maximum Gasteiger partial charge on any atom is 0.207 e. The smallest absolute Gasteiger partial charge is 0.207 e. The Balaban J connectivity index is 1.59. The summed E-state index contributed by atoms with van der Waals surface area (Å²) in [5.74, 6) is 0. The zero-order valence-electron chi connectivity index (χ0n) is 39.1. The lowest BCUT2D eigenvalue weighted by Crippen LogP contribution is -1.96. The van der Waals surface area contributed by atoms with Crippen molar-refractivity contribution in [1.82, 2.24) is 9.97 Å². The van der Waals surface area contributed by atoms with E-state index >= 15 is 0 Å². The van der Waals surface area contributed by atoms with Crippen molar-refractivity contribution in [1.29, 1.82) is 0 Å². The van der Waals surface area contributed by atoms with E-state index in [0.717, 1.165) is 0 Å². The van der Waals surface area contributed by atoms with Gasteiger partial charge in [0.25, 0.3) is 0 Å². The number of pyridine rings is 2. The molecule has 0 saturated heterocycles. The second kappa shape index (κ2) is 8.06. The van der Waals surface area contributed by atoms with E-state index in [1.54, 1.807) is 0 Å². The van der Waals surface area contributed by atoms with Crippen molar-refractivity contribution in [2.45, 2.75) is 9.79 Å². The molecule has 1 aliphatic heterocycles. The van der Waals surface area contributed by atoms with Crippen LogP contribution in [0.1, 0.15) is 27.4 Å². The number of sulfone groups is 1. The van der Waals surface area contributed by atoms with Gasteiger partial charge in [0.2, 0.25) is 9.84 Å². The average Bonchev–Trinajstić information content (AvgIpc) is 3.44. The van der Waals surface area contributed by atoms with E-state index in [4.69, 9.17) is 23.3 Å². The summed E-state index contributed by atoms with van der Waals surface area (Å²) in [7, 11) is -4.97. The van der Waals surface area contributed by atoms with E-state index in [2.05, 4.69) is 9.97 Å². The number of nitrogens with zero attached hydrogens (tertiary/aromatic N) is 2. The molecule has 184 valence electrons. The van der Waals surface area contributed by atoms with Crippen LogP contribution in [0.4, 0.5) is 0 Å². The first kappa shape index (κ1) is 10.0. The lowest BCUT2D eigenvalue weighted by molar-refractivity contribution is 0.598. The molecule has 0 N–H and O–H groups in total. The molecule has 0 spiro atoms. The Kier molecular flexibility index (Phi) is 2.07. The quantitative estimate of drug-likeness (QED) is 0.208. The molecule has 7 aromatic rings. The first-order chi connectivity index (χ1) is 27.4. The van der Waals surface area contributed by atoms with Gasteiger partial charge >= 0.3 is 0 Å². The highest BCUT2D eigenvalue weighted by atomic mass is 32.2. The first-order valence-electron chi connectivity index (χ1n) is 21.1. The third-order valence-corrected chi connectivity index (χ3v) is 7.84. The molecular weight excluding hydrogens is 500 g/mol. The van der Waals surface area contributed by atoms with Gasteiger partial charge in [-0.25, -0.2) is 13.4 Å². The Hall–Kier alpha value is -4.87. The summed E-state index contributed by atoms with van der Waals surface area (Å²) in [6.45, 7) is 0. The van der Waals surface area contributed by atoms with Crippen LogP contribution in [0, 0.1) is 0 Å². The molecule has 0 radical (unpaired) electrons. The van der Waals surface area contributed by atoms with E-state index in [1.807, 2.05) is 0 Å². The molecule has 1 aliphatic rings. The zero-order valence-corrected chi connectivity index (χ0v) is 19.9. The minimum atomic E-state index is -4.97. The molecule has 3 heterocycles. The van der Waals surface area contributed by atoms with Gasteiger partial charge < -0.3 is 0 Å². The molecule has 0 saturated carbocycles. The fraction of sp³-hybridized carbons (Fsp3) is 0. The van der Waals surface area contributed by atoms with Crippen LogP contribution < -0.4 is 0 Å². The SMILES string of the molecule is [2H]c1nc2c(c([2H])c1[2H])c([2H])c([2H])c1c([2H])c([2H])c(-c3c([2H])c([2H])c(-c4c([2H])c([2H])c5c(c4[2H])-c4c([2H])c([2H])c([2H])c([2H])c4S5(=O)=O)c4c([2H])c([2H])c([2H])c([2H])c34)nc12. The van der Waals surface area contributed by atoms with Crippen molar-refractivity contribution in [3.8, 4) is 33.5 Å². The lowest BCUT2D eigenvalue weighted by Gasteiger charge is -2.13. The molecule has 0 fully saturated rings. The van der Waals surface area contributed by atoms with Crippen LogP contribution in [0.15, 0.2) is 131 Å². The highest BCUT2D eigenvalue weighted by Crippen LogP contribution is 2.45. The summed E-state index contributed by atoms with van der Waals surface area (Å²) >= 11 is 0. The molecule has 0 bridgehead atoms. The van der Waals surface area contributed by atoms with Crippen molar-refractivity contribution in [2.75, 3.05) is 0 Å². The molecule has 4 nitrogen and oxygen atoms in total. The Morgan fingerprint density at radius 2 is 1.26 bits per heavy atom. The molecule has 5 heteroatoms. The van der Waals surface area contributed by atoms with Crippen LogP contribution >= 0.6 is 0 Å². The number of rotatable bonds is 2. The summed E-state index contributed by atoms with van der Waals surface area (Å²) in [5.41, 5.74) is -5.23. The summed E-state index contributed by atoms with van der Waals surface area (Å²) in [4.78, 5) is 6.41. The van der Waals surface area contributed by atoms with Gasteiger partial charge in [-0.2, -0.15) is 0 Å². The van der Waals surface area contributed by atoms with Crippen LogP contribution in [0.3, 0.4) is 0 Å². The topological polar surface area (TPSA) is 59.9 Å². The standard InChI is InChI=1S/C34H20N2O2S/c37-39(38)31-10-4-3-9-28(31)29-20-23(14-18-32(29)39)24-15-16-27(26-8-2-1-7-25(24)26)30-17-13-22-12-11-21-6-5-19-35-33(21)34(22)36-30/h1-20H/i1D,2D,3D,4D,5D,6D,7D,8D,9D,10D,11D,12D,13D,14D,15D,16D,17D,18D,19D,20D. The predicted molar refractivity (Wildman–Crippen MR) is 156 cm³/mol. The normalized spacial score (nSPS) is 20.7. The van der Waals surface area contributed by atoms with Gasteiger partial charge in [-0.05, 0) is 52.1 Å².